The van der Waals surface area contributed by atoms with Crippen LogP contribution < -0.4 is 5.73 Å². The Morgan fingerprint density at radius 1 is 1.34 bits per heavy atom. The number of aliphatic hydroxyl groups is 2. The fourth-order valence-corrected chi connectivity index (χ4v) is 9.87. The van der Waals surface area contributed by atoms with E-state index in [9.17, 15) is 15.0 Å². The molecule has 8 atom stereocenters. The van der Waals surface area contributed by atoms with Gasteiger partial charge in [-0.05, 0) is 42.1 Å². The summed E-state index contributed by atoms with van der Waals surface area (Å²) >= 11 is 1.52. The molecule has 5 fully saturated rings. The van der Waals surface area contributed by atoms with E-state index in [1.807, 2.05) is 6.92 Å². The molecule has 156 valence electrons. The summed E-state index contributed by atoms with van der Waals surface area (Å²) in [5.41, 5.74) is 5.52. The van der Waals surface area contributed by atoms with Gasteiger partial charge in [-0.15, -0.1) is 11.3 Å². The van der Waals surface area contributed by atoms with Gasteiger partial charge in [-0.2, -0.15) is 0 Å². The summed E-state index contributed by atoms with van der Waals surface area (Å²) in [5, 5.41) is 24.0. The fraction of sp³-hybridized carbons (Fsp3) is 0.727. The van der Waals surface area contributed by atoms with Crippen molar-refractivity contribution in [3.05, 3.63) is 22.7 Å². The minimum atomic E-state index is -1.70. The fourth-order valence-electron chi connectivity index (χ4n) is 8.70. The van der Waals surface area contributed by atoms with E-state index in [4.69, 9.17) is 15.5 Å². The summed E-state index contributed by atoms with van der Waals surface area (Å²) in [6.45, 7) is 10.8. The maximum Gasteiger partial charge on any atom is 0.184 e. The third kappa shape index (κ3) is 1.61. The molecule has 6 aliphatic rings. The molecule has 29 heavy (non-hydrogen) atoms. The Labute approximate surface area is 174 Å². The number of carbonyl (C=O) groups excluding carboxylic acids is 1. The second kappa shape index (κ2) is 4.96. The van der Waals surface area contributed by atoms with Crippen molar-refractivity contribution < 1.29 is 19.7 Å². The van der Waals surface area contributed by atoms with Crippen LogP contribution in [0.25, 0.3) is 0 Å². The standard InChI is InChI=1S/C22H28N2O4S/c1-9-11-5-6-13-20-8-28-22(27,21(13,16(9)25)17(11)26)10(2)14(20)19(3,4)7-12-15(20)24-18(23)29-12/h10-11,13-14,17,26-27H,1,5-8H2,2-4H3,(H2,23,24)/t10-,11-,13-,14+,17+,20-,21?,22-/m0/s1. The zero-order chi connectivity index (χ0) is 20.7. The summed E-state index contributed by atoms with van der Waals surface area (Å²) in [5.74, 6) is -2.71. The zero-order valence-electron chi connectivity index (χ0n) is 17.1. The highest BCUT2D eigenvalue weighted by molar-refractivity contribution is 7.15. The van der Waals surface area contributed by atoms with Crippen LogP contribution in [0.1, 0.15) is 44.2 Å². The van der Waals surface area contributed by atoms with Crippen molar-refractivity contribution in [3.63, 3.8) is 0 Å². The van der Waals surface area contributed by atoms with Gasteiger partial charge in [-0.3, -0.25) is 4.79 Å². The van der Waals surface area contributed by atoms with Crippen molar-refractivity contribution in [1.82, 2.24) is 4.98 Å². The van der Waals surface area contributed by atoms with Crippen LogP contribution in [-0.2, 0) is 21.4 Å². The number of nitrogens with two attached hydrogens (primary N) is 1. The maximum atomic E-state index is 13.7. The molecule has 0 aromatic carbocycles. The number of ether oxygens (including phenoxy) is 1. The Balaban J connectivity index is 1.71. The molecule has 2 saturated heterocycles. The monoisotopic (exact) mass is 416 g/mol. The van der Waals surface area contributed by atoms with Gasteiger partial charge < -0.3 is 20.7 Å². The molecule has 1 unspecified atom stereocenters. The van der Waals surface area contributed by atoms with Gasteiger partial charge in [-0.1, -0.05) is 27.4 Å². The predicted molar refractivity (Wildman–Crippen MR) is 108 cm³/mol. The van der Waals surface area contributed by atoms with Crippen molar-refractivity contribution >= 4 is 22.3 Å². The molecule has 2 aliphatic heterocycles. The number of ketones is 1. The van der Waals surface area contributed by atoms with E-state index in [2.05, 4.69) is 20.4 Å². The number of aromatic nitrogens is 1. The molecule has 6 nitrogen and oxygen atoms in total. The molecular weight excluding hydrogens is 388 g/mol. The van der Waals surface area contributed by atoms with Crippen LogP contribution in [0.15, 0.2) is 12.2 Å². The smallest absolute Gasteiger partial charge is 0.184 e. The first kappa shape index (κ1) is 18.5. The van der Waals surface area contributed by atoms with E-state index in [-0.39, 0.29) is 34.9 Å². The van der Waals surface area contributed by atoms with Crippen molar-refractivity contribution in [2.24, 2.45) is 34.5 Å². The SMILES string of the molecule is C=C1C(=O)C23[C@H](O)[C@H]1CC[C@H]2[C@@]12CO[C@@]3(O)[C@@H](C)[C@@H]1C(C)(C)Cc1sc(N)nc12. The number of Topliss-reactive ketones (excluding diaryl/α,β-unsaturated/α-hetero) is 1. The Morgan fingerprint density at radius 2 is 2.07 bits per heavy atom. The quantitative estimate of drug-likeness (QED) is 0.559. The molecule has 7 rings (SSSR count). The van der Waals surface area contributed by atoms with Crippen molar-refractivity contribution in [2.45, 2.75) is 57.3 Å². The topological polar surface area (TPSA) is 106 Å². The van der Waals surface area contributed by atoms with Crippen molar-refractivity contribution in [3.8, 4) is 0 Å². The first-order chi connectivity index (χ1) is 13.5. The van der Waals surface area contributed by atoms with Gasteiger partial charge in [0.2, 0.25) is 0 Å². The minimum absolute atomic E-state index is 0.0730. The van der Waals surface area contributed by atoms with E-state index < -0.39 is 22.7 Å². The molecule has 1 aromatic rings. The first-order valence-electron chi connectivity index (χ1n) is 10.6. The van der Waals surface area contributed by atoms with Crippen LogP contribution in [0.2, 0.25) is 0 Å². The molecule has 3 saturated carbocycles. The molecule has 4 bridgehead atoms. The lowest BCUT2D eigenvalue weighted by atomic mass is 9.35. The molecule has 1 aromatic heterocycles. The van der Waals surface area contributed by atoms with E-state index >= 15 is 0 Å². The molecular formula is C22H28N2O4S. The highest BCUT2D eigenvalue weighted by atomic mass is 32.1. The molecule has 2 spiro atoms. The van der Waals surface area contributed by atoms with Gasteiger partial charge in [0.15, 0.2) is 16.7 Å². The van der Waals surface area contributed by atoms with E-state index in [1.165, 1.54) is 11.3 Å². The van der Waals surface area contributed by atoms with Gasteiger partial charge in [0, 0.05) is 22.1 Å². The third-order valence-corrected chi connectivity index (χ3v) is 10.2. The predicted octanol–water partition coefficient (Wildman–Crippen LogP) is 2.04. The number of carbonyl (C=O) groups is 1. The van der Waals surface area contributed by atoms with Crippen LogP contribution in [0.5, 0.6) is 0 Å². The Bertz CT molecular complexity index is 987. The Kier molecular flexibility index (Phi) is 3.16. The summed E-state index contributed by atoms with van der Waals surface area (Å²) in [7, 11) is 0. The van der Waals surface area contributed by atoms with Crippen LogP contribution >= 0.6 is 11.3 Å². The maximum absolute atomic E-state index is 13.7. The van der Waals surface area contributed by atoms with Gasteiger partial charge in [-0.25, -0.2) is 4.98 Å². The van der Waals surface area contributed by atoms with Crippen molar-refractivity contribution in [2.75, 3.05) is 12.3 Å². The number of nitrogen functional groups attached to an aromatic ring is 1. The van der Waals surface area contributed by atoms with Gasteiger partial charge in [0.25, 0.3) is 0 Å². The second-order valence-corrected chi connectivity index (χ2v) is 11.8. The summed E-state index contributed by atoms with van der Waals surface area (Å²) in [6, 6.07) is 0. The zero-order valence-corrected chi connectivity index (χ0v) is 17.9. The Morgan fingerprint density at radius 3 is 2.79 bits per heavy atom. The van der Waals surface area contributed by atoms with Gasteiger partial charge in [0.1, 0.15) is 5.41 Å². The number of hydrogen-bond donors (Lipinski definition) is 3. The van der Waals surface area contributed by atoms with E-state index in [0.29, 0.717) is 23.7 Å². The number of nitrogens with zero attached hydrogens (tertiary/aromatic N) is 1. The lowest BCUT2D eigenvalue weighted by Gasteiger charge is -2.74. The molecule has 0 amide bonds. The number of hydrogen-bond acceptors (Lipinski definition) is 7. The summed E-state index contributed by atoms with van der Waals surface area (Å²) in [6.07, 6.45) is 1.31. The summed E-state index contributed by atoms with van der Waals surface area (Å²) in [4.78, 5) is 19.6. The largest absolute Gasteiger partial charge is 0.391 e. The highest BCUT2D eigenvalue weighted by Crippen LogP contribution is 2.77. The average Bonchev–Trinajstić information content (AvgIpc) is 3.05. The third-order valence-electron chi connectivity index (χ3n) is 9.31. The molecule has 4 N–H and O–H groups in total. The molecule has 3 heterocycles. The van der Waals surface area contributed by atoms with Crippen LogP contribution in [-0.4, -0.2) is 39.5 Å². The molecule has 4 aliphatic carbocycles. The van der Waals surface area contributed by atoms with E-state index in [0.717, 1.165) is 23.4 Å². The average molecular weight is 417 g/mol. The van der Waals surface area contributed by atoms with Crippen LogP contribution in [0.4, 0.5) is 5.13 Å². The van der Waals surface area contributed by atoms with Crippen LogP contribution in [0, 0.1) is 34.5 Å². The lowest BCUT2D eigenvalue weighted by molar-refractivity contribution is -0.417. The normalized spacial score (nSPS) is 51.6. The van der Waals surface area contributed by atoms with Crippen molar-refractivity contribution in [1.29, 1.82) is 0 Å². The number of fused-ring (bicyclic) bond motifs is 3. The number of aliphatic hydroxyl groups excluding tert-OH is 1. The lowest BCUT2D eigenvalue weighted by Crippen LogP contribution is -2.83. The minimum Gasteiger partial charge on any atom is -0.391 e. The molecule has 7 heteroatoms. The van der Waals surface area contributed by atoms with Gasteiger partial charge >= 0.3 is 0 Å². The number of thiazole rings is 1. The van der Waals surface area contributed by atoms with Crippen LogP contribution in [0.3, 0.4) is 0 Å². The molecule has 0 radical (unpaired) electrons. The highest BCUT2D eigenvalue weighted by Gasteiger charge is 2.85. The number of rotatable bonds is 0. The van der Waals surface area contributed by atoms with Gasteiger partial charge in [0.05, 0.1) is 18.4 Å². The van der Waals surface area contributed by atoms with E-state index in [1.54, 1.807) is 0 Å². The second-order valence-electron chi connectivity index (χ2n) is 10.7. The first-order valence-corrected chi connectivity index (χ1v) is 11.4. The summed E-state index contributed by atoms with van der Waals surface area (Å²) < 4.78 is 6.23. The Hall–Kier alpha value is -1.28. The number of anilines is 1.